The number of rotatable bonds is 3. The summed E-state index contributed by atoms with van der Waals surface area (Å²) in [5, 5.41) is 2.74. The van der Waals surface area contributed by atoms with Crippen LogP contribution in [0.5, 0.6) is 0 Å². The van der Waals surface area contributed by atoms with Crippen LogP contribution >= 0.6 is 15.9 Å². The zero-order valence-electron chi connectivity index (χ0n) is 9.22. The average molecular weight is 308 g/mol. The summed E-state index contributed by atoms with van der Waals surface area (Å²) in [4.78, 5) is 19.9. The van der Waals surface area contributed by atoms with E-state index in [1.165, 1.54) is 0 Å². The smallest absolute Gasteiger partial charge is 0.259 e. The van der Waals surface area contributed by atoms with E-state index in [0.29, 0.717) is 21.5 Å². The molecule has 2 rings (SSSR count). The maximum atomic E-state index is 12.1. The van der Waals surface area contributed by atoms with E-state index in [9.17, 15) is 4.79 Å². The lowest BCUT2D eigenvalue weighted by Crippen LogP contribution is -2.18. The number of halogens is 1. The monoisotopic (exact) mass is 307 g/mol. The van der Waals surface area contributed by atoms with Gasteiger partial charge in [-0.3, -0.25) is 9.78 Å². The molecule has 0 radical (unpaired) electrons. The highest BCUT2D eigenvalue weighted by molar-refractivity contribution is 9.10. The van der Waals surface area contributed by atoms with Crippen LogP contribution in [0, 0.1) is 0 Å². The summed E-state index contributed by atoms with van der Waals surface area (Å²) < 4.78 is 0.699. The topological polar surface area (TPSA) is 92.9 Å². The molecule has 0 aromatic carbocycles. The number of nitrogens with zero attached hydrogens (tertiary/aromatic N) is 2. The van der Waals surface area contributed by atoms with Crippen LogP contribution in [0.3, 0.4) is 0 Å². The van der Waals surface area contributed by atoms with Gasteiger partial charge in [-0.2, -0.15) is 0 Å². The van der Waals surface area contributed by atoms with Crippen molar-refractivity contribution in [2.45, 2.75) is 0 Å². The van der Waals surface area contributed by atoms with Gasteiger partial charge in [0.2, 0.25) is 0 Å². The number of carbonyl (C=O) groups is 1. The first-order valence-electron chi connectivity index (χ1n) is 5.05. The Bertz CT molecular complexity index is 575. The third-order valence-electron chi connectivity index (χ3n) is 2.21. The van der Waals surface area contributed by atoms with E-state index >= 15 is 0 Å². The Labute approximate surface area is 112 Å². The minimum absolute atomic E-state index is 0.303. The van der Waals surface area contributed by atoms with Crippen molar-refractivity contribution in [3.8, 4) is 0 Å². The van der Waals surface area contributed by atoms with Crippen LogP contribution in [-0.2, 0) is 0 Å². The molecule has 0 atom stereocenters. The lowest BCUT2D eigenvalue weighted by molar-refractivity contribution is 0.102. The highest BCUT2D eigenvalue weighted by atomic mass is 79.9. The van der Waals surface area contributed by atoms with E-state index in [-0.39, 0.29) is 5.91 Å². The van der Waals surface area contributed by atoms with E-state index in [0.717, 1.165) is 0 Å². The Balaban J connectivity index is 2.25. The number of hydrogen-bond donors (Lipinski definition) is 3. The summed E-state index contributed by atoms with van der Waals surface area (Å²) >= 11 is 3.30. The molecule has 18 heavy (non-hydrogen) atoms. The molecule has 2 heterocycles. The van der Waals surface area contributed by atoms with Crippen LogP contribution in [0.4, 0.5) is 11.5 Å². The maximum absolute atomic E-state index is 12.1. The van der Waals surface area contributed by atoms with Gasteiger partial charge in [-0.1, -0.05) is 0 Å². The normalized spacial score (nSPS) is 9.89. The van der Waals surface area contributed by atoms with Crippen LogP contribution in [0.2, 0.25) is 0 Å². The molecule has 2 aromatic rings. The molecular formula is C11H10BrN5O. The van der Waals surface area contributed by atoms with Gasteiger partial charge >= 0.3 is 0 Å². The van der Waals surface area contributed by atoms with E-state index < -0.39 is 0 Å². The standard InChI is InChI=1S/C11H10BrN5O/c12-8-6-14-5-3-9(8)16-11(18)7-2-1-4-15-10(7)17-13/h1-6H,13H2,(H,15,17)(H,14,16,18). The zero-order chi connectivity index (χ0) is 13.0. The maximum Gasteiger partial charge on any atom is 0.259 e. The van der Waals surface area contributed by atoms with Crippen molar-refractivity contribution in [2.75, 3.05) is 10.7 Å². The number of anilines is 2. The molecule has 0 aliphatic heterocycles. The largest absolute Gasteiger partial charge is 0.321 e. The second-order valence-electron chi connectivity index (χ2n) is 3.35. The lowest BCUT2D eigenvalue weighted by Gasteiger charge is -2.09. The quantitative estimate of drug-likeness (QED) is 0.593. The van der Waals surface area contributed by atoms with E-state index in [1.807, 2.05) is 0 Å². The Morgan fingerprint density at radius 3 is 2.89 bits per heavy atom. The summed E-state index contributed by atoms with van der Waals surface area (Å²) in [5.74, 6) is 5.32. The molecule has 0 fully saturated rings. The second-order valence-corrected chi connectivity index (χ2v) is 4.21. The fourth-order valence-corrected chi connectivity index (χ4v) is 1.72. The van der Waals surface area contributed by atoms with Gasteiger partial charge in [0, 0.05) is 18.6 Å². The molecule has 0 bridgehead atoms. The van der Waals surface area contributed by atoms with Crippen molar-refractivity contribution in [1.29, 1.82) is 0 Å². The molecule has 2 aromatic heterocycles. The number of nitrogens with one attached hydrogen (secondary N) is 2. The molecule has 0 saturated carbocycles. The first kappa shape index (κ1) is 12.5. The van der Waals surface area contributed by atoms with Crippen LogP contribution in [0.25, 0.3) is 0 Å². The third kappa shape index (κ3) is 2.63. The Morgan fingerprint density at radius 1 is 1.33 bits per heavy atom. The van der Waals surface area contributed by atoms with Crippen molar-refractivity contribution >= 4 is 33.3 Å². The van der Waals surface area contributed by atoms with E-state index in [1.54, 1.807) is 36.8 Å². The summed E-state index contributed by atoms with van der Waals surface area (Å²) in [7, 11) is 0. The minimum atomic E-state index is -0.303. The molecule has 6 nitrogen and oxygen atoms in total. The Kier molecular flexibility index (Phi) is 3.85. The molecule has 92 valence electrons. The minimum Gasteiger partial charge on any atom is -0.321 e. The first-order chi connectivity index (χ1) is 8.72. The zero-order valence-corrected chi connectivity index (χ0v) is 10.8. The Hall–Kier alpha value is -1.99. The molecule has 0 aliphatic rings. The molecule has 0 saturated heterocycles. The van der Waals surface area contributed by atoms with Crippen molar-refractivity contribution in [1.82, 2.24) is 9.97 Å². The summed E-state index contributed by atoms with van der Waals surface area (Å²) in [6.07, 6.45) is 4.74. The van der Waals surface area contributed by atoms with Gasteiger partial charge < -0.3 is 10.7 Å². The highest BCUT2D eigenvalue weighted by Gasteiger charge is 2.12. The number of hydrogen-bond acceptors (Lipinski definition) is 5. The number of hydrazine groups is 1. The number of carbonyl (C=O) groups excluding carboxylic acids is 1. The number of aromatic nitrogens is 2. The highest BCUT2D eigenvalue weighted by Crippen LogP contribution is 2.21. The van der Waals surface area contributed by atoms with Crippen molar-refractivity contribution in [3.63, 3.8) is 0 Å². The van der Waals surface area contributed by atoms with Gasteiger partial charge in [-0.15, -0.1) is 0 Å². The molecule has 0 unspecified atom stereocenters. The number of nitrogens with two attached hydrogens (primary N) is 1. The Morgan fingerprint density at radius 2 is 2.17 bits per heavy atom. The number of nitrogen functional groups attached to an aromatic ring is 1. The summed E-state index contributed by atoms with van der Waals surface area (Å²) in [5.41, 5.74) is 3.37. The van der Waals surface area contributed by atoms with Gasteiger partial charge in [-0.05, 0) is 34.1 Å². The van der Waals surface area contributed by atoms with Crippen molar-refractivity contribution in [3.05, 3.63) is 46.8 Å². The van der Waals surface area contributed by atoms with Crippen LogP contribution < -0.4 is 16.6 Å². The van der Waals surface area contributed by atoms with Crippen LogP contribution in [0.15, 0.2) is 41.3 Å². The van der Waals surface area contributed by atoms with Crippen molar-refractivity contribution in [2.24, 2.45) is 5.84 Å². The van der Waals surface area contributed by atoms with Gasteiger partial charge in [0.05, 0.1) is 15.7 Å². The average Bonchev–Trinajstić information content (AvgIpc) is 2.41. The fraction of sp³-hybridized carbons (Fsp3) is 0. The lowest BCUT2D eigenvalue weighted by atomic mass is 10.2. The SMILES string of the molecule is NNc1ncccc1C(=O)Nc1ccncc1Br. The van der Waals surface area contributed by atoms with Gasteiger partial charge in [0.25, 0.3) is 5.91 Å². The fourth-order valence-electron chi connectivity index (χ4n) is 1.37. The third-order valence-corrected chi connectivity index (χ3v) is 2.84. The number of pyridine rings is 2. The van der Waals surface area contributed by atoms with E-state index in [4.69, 9.17) is 5.84 Å². The summed E-state index contributed by atoms with van der Waals surface area (Å²) in [6.45, 7) is 0. The molecule has 0 spiro atoms. The second kappa shape index (κ2) is 5.56. The first-order valence-corrected chi connectivity index (χ1v) is 5.84. The molecule has 1 amide bonds. The predicted molar refractivity (Wildman–Crippen MR) is 71.9 cm³/mol. The molecule has 7 heteroatoms. The van der Waals surface area contributed by atoms with Crippen LogP contribution in [-0.4, -0.2) is 15.9 Å². The van der Waals surface area contributed by atoms with Crippen LogP contribution in [0.1, 0.15) is 10.4 Å². The van der Waals surface area contributed by atoms with Gasteiger partial charge in [0.15, 0.2) is 5.82 Å². The van der Waals surface area contributed by atoms with Gasteiger partial charge in [-0.25, -0.2) is 10.8 Å². The summed E-state index contributed by atoms with van der Waals surface area (Å²) in [6, 6.07) is 4.98. The molecule has 0 aliphatic carbocycles. The number of amides is 1. The molecule has 4 N–H and O–H groups in total. The predicted octanol–water partition coefficient (Wildman–Crippen LogP) is 1.78. The van der Waals surface area contributed by atoms with E-state index in [2.05, 4.69) is 36.6 Å². The van der Waals surface area contributed by atoms with Gasteiger partial charge in [0.1, 0.15) is 0 Å². The van der Waals surface area contributed by atoms with Crippen molar-refractivity contribution < 1.29 is 4.79 Å². The molecular weight excluding hydrogens is 298 g/mol.